The summed E-state index contributed by atoms with van der Waals surface area (Å²) >= 11 is 0. The van der Waals surface area contributed by atoms with Crippen LogP contribution in [0, 0.1) is 5.92 Å². The first-order chi connectivity index (χ1) is 11.8. The third-order valence-corrected chi connectivity index (χ3v) is 3.94. The molecule has 0 saturated carbocycles. The van der Waals surface area contributed by atoms with Crippen molar-refractivity contribution >= 4 is 11.7 Å². The standard InChI is InChI=1S/C19H25N3O3/c1-13(2)11-22-16(8-9-20-22)21-17(23)12-24-15-7-5-6-14-10-19(3,4)25-18(14)15/h5-9,13H,10-12H2,1-4H3,(H,21,23). The zero-order valence-electron chi connectivity index (χ0n) is 15.2. The number of hydrogen-bond donors (Lipinski definition) is 1. The number of benzene rings is 1. The van der Waals surface area contributed by atoms with E-state index in [-0.39, 0.29) is 18.1 Å². The highest BCUT2D eigenvalue weighted by atomic mass is 16.5. The van der Waals surface area contributed by atoms with E-state index >= 15 is 0 Å². The second kappa shape index (κ2) is 6.78. The zero-order chi connectivity index (χ0) is 18.0. The van der Waals surface area contributed by atoms with Crippen molar-refractivity contribution < 1.29 is 14.3 Å². The fourth-order valence-corrected chi connectivity index (χ4v) is 2.95. The van der Waals surface area contributed by atoms with Crippen LogP contribution >= 0.6 is 0 Å². The van der Waals surface area contributed by atoms with Crippen LogP contribution in [-0.4, -0.2) is 27.9 Å². The van der Waals surface area contributed by atoms with Gasteiger partial charge in [-0.15, -0.1) is 0 Å². The van der Waals surface area contributed by atoms with E-state index < -0.39 is 0 Å². The Morgan fingerprint density at radius 1 is 1.40 bits per heavy atom. The quantitative estimate of drug-likeness (QED) is 0.874. The number of ether oxygens (including phenoxy) is 2. The number of anilines is 1. The summed E-state index contributed by atoms with van der Waals surface area (Å²) in [6.45, 7) is 8.96. The maximum absolute atomic E-state index is 12.2. The maximum atomic E-state index is 12.2. The van der Waals surface area contributed by atoms with Gasteiger partial charge in [0.1, 0.15) is 11.4 Å². The van der Waals surface area contributed by atoms with Crippen LogP contribution in [0.2, 0.25) is 0 Å². The maximum Gasteiger partial charge on any atom is 0.263 e. The average molecular weight is 343 g/mol. The first kappa shape index (κ1) is 17.3. The molecule has 0 spiro atoms. The second-order valence-electron chi connectivity index (χ2n) is 7.41. The number of carbonyl (C=O) groups excluding carboxylic acids is 1. The van der Waals surface area contributed by atoms with Gasteiger partial charge in [0, 0.05) is 24.6 Å². The van der Waals surface area contributed by atoms with Crippen molar-refractivity contribution in [1.29, 1.82) is 0 Å². The monoisotopic (exact) mass is 343 g/mol. The van der Waals surface area contributed by atoms with Gasteiger partial charge >= 0.3 is 0 Å². The van der Waals surface area contributed by atoms with Gasteiger partial charge in [0.05, 0.1) is 6.20 Å². The van der Waals surface area contributed by atoms with E-state index in [1.807, 2.05) is 32.0 Å². The van der Waals surface area contributed by atoms with E-state index in [2.05, 4.69) is 24.3 Å². The van der Waals surface area contributed by atoms with Gasteiger partial charge in [-0.1, -0.05) is 26.0 Å². The van der Waals surface area contributed by atoms with Crippen molar-refractivity contribution in [1.82, 2.24) is 9.78 Å². The third-order valence-electron chi connectivity index (χ3n) is 3.94. The number of carbonyl (C=O) groups is 1. The molecule has 0 unspecified atom stereocenters. The minimum Gasteiger partial charge on any atom is -0.483 e. The SMILES string of the molecule is CC(C)Cn1nccc1NC(=O)COc1cccc2c1OC(C)(C)C2. The normalized spacial score (nSPS) is 14.9. The molecule has 1 amide bonds. The lowest BCUT2D eigenvalue weighted by Gasteiger charge is -2.18. The number of aromatic nitrogens is 2. The molecule has 0 fully saturated rings. The van der Waals surface area contributed by atoms with Gasteiger partial charge in [-0.3, -0.25) is 4.79 Å². The molecule has 134 valence electrons. The lowest BCUT2D eigenvalue weighted by Crippen LogP contribution is -2.25. The van der Waals surface area contributed by atoms with Gasteiger partial charge < -0.3 is 14.8 Å². The Labute approximate surface area is 148 Å². The molecule has 1 aromatic heterocycles. The lowest BCUT2D eigenvalue weighted by atomic mass is 10.0. The number of nitrogens with one attached hydrogen (secondary N) is 1. The predicted octanol–water partition coefficient (Wildman–Crippen LogP) is 3.27. The molecule has 1 aliphatic heterocycles. The van der Waals surface area contributed by atoms with E-state index in [1.165, 1.54) is 0 Å². The van der Waals surface area contributed by atoms with Crippen LogP contribution in [0.4, 0.5) is 5.82 Å². The van der Waals surface area contributed by atoms with Gasteiger partial charge in [0.2, 0.25) is 0 Å². The smallest absolute Gasteiger partial charge is 0.263 e. The summed E-state index contributed by atoms with van der Waals surface area (Å²) in [6.07, 6.45) is 2.51. The molecule has 6 heteroatoms. The van der Waals surface area contributed by atoms with Crippen LogP contribution in [0.1, 0.15) is 33.3 Å². The average Bonchev–Trinajstić information content (AvgIpc) is 3.07. The fourth-order valence-electron chi connectivity index (χ4n) is 2.95. The van der Waals surface area contributed by atoms with E-state index in [1.54, 1.807) is 16.9 Å². The number of fused-ring (bicyclic) bond motifs is 1. The Kier molecular flexibility index (Phi) is 4.70. The van der Waals surface area contributed by atoms with Gasteiger partial charge in [0.15, 0.2) is 18.1 Å². The Bertz CT molecular complexity index is 765. The molecule has 2 aromatic rings. The van der Waals surface area contributed by atoms with Crippen LogP contribution in [0.3, 0.4) is 0 Å². The molecule has 6 nitrogen and oxygen atoms in total. The van der Waals surface area contributed by atoms with Crippen molar-refractivity contribution in [3.05, 3.63) is 36.0 Å². The van der Waals surface area contributed by atoms with Gasteiger partial charge in [-0.05, 0) is 25.8 Å². The number of hydrogen-bond acceptors (Lipinski definition) is 4. The molecule has 1 N–H and O–H groups in total. The lowest BCUT2D eigenvalue weighted by molar-refractivity contribution is -0.118. The second-order valence-corrected chi connectivity index (χ2v) is 7.41. The van der Waals surface area contributed by atoms with E-state index in [4.69, 9.17) is 9.47 Å². The Morgan fingerprint density at radius 3 is 2.96 bits per heavy atom. The number of para-hydroxylation sites is 1. The molecule has 0 radical (unpaired) electrons. The van der Waals surface area contributed by atoms with Crippen LogP contribution in [-0.2, 0) is 17.8 Å². The summed E-state index contributed by atoms with van der Waals surface area (Å²) in [6, 6.07) is 7.57. The number of rotatable bonds is 6. The first-order valence-corrected chi connectivity index (χ1v) is 8.59. The molecule has 3 rings (SSSR count). The summed E-state index contributed by atoms with van der Waals surface area (Å²) in [4.78, 5) is 12.2. The minimum absolute atomic E-state index is 0.0763. The van der Waals surface area contributed by atoms with E-state index in [9.17, 15) is 4.79 Å². The van der Waals surface area contributed by atoms with Crippen molar-refractivity contribution in [3.63, 3.8) is 0 Å². The van der Waals surface area contributed by atoms with Gasteiger partial charge in [-0.25, -0.2) is 4.68 Å². The molecule has 2 heterocycles. The Balaban J connectivity index is 1.61. The Morgan fingerprint density at radius 2 is 2.20 bits per heavy atom. The van der Waals surface area contributed by atoms with Crippen LogP contribution < -0.4 is 14.8 Å². The van der Waals surface area contributed by atoms with Crippen molar-refractivity contribution in [3.8, 4) is 11.5 Å². The topological polar surface area (TPSA) is 65.4 Å². The van der Waals surface area contributed by atoms with Gasteiger partial charge in [-0.2, -0.15) is 5.10 Å². The number of nitrogens with zero attached hydrogens (tertiary/aromatic N) is 2. The summed E-state index contributed by atoms with van der Waals surface area (Å²) in [5.74, 6) is 2.25. The van der Waals surface area contributed by atoms with Crippen LogP contribution in [0.25, 0.3) is 0 Å². The van der Waals surface area contributed by atoms with E-state index in [0.717, 1.165) is 24.3 Å². The van der Waals surface area contributed by atoms with Crippen LogP contribution in [0.5, 0.6) is 11.5 Å². The zero-order valence-corrected chi connectivity index (χ0v) is 15.2. The predicted molar refractivity (Wildman–Crippen MR) is 96.0 cm³/mol. The highest BCUT2D eigenvalue weighted by molar-refractivity contribution is 5.91. The fraction of sp³-hybridized carbons (Fsp3) is 0.474. The van der Waals surface area contributed by atoms with Crippen molar-refractivity contribution in [2.75, 3.05) is 11.9 Å². The third kappa shape index (κ3) is 4.13. The summed E-state index contributed by atoms with van der Waals surface area (Å²) in [5.41, 5.74) is 0.867. The Hall–Kier alpha value is -2.50. The summed E-state index contributed by atoms with van der Waals surface area (Å²) in [5, 5.41) is 7.08. The molecular weight excluding hydrogens is 318 g/mol. The minimum atomic E-state index is -0.243. The molecule has 0 aliphatic carbocycles. The highest BCUT2D eigenvalue weighted by Crippen LogP contribution is 2.41. The highest BCUT2D eigenvalue weighted by Gasteiger charge is 2.32. The summed E-state index contributed by atoms with van der Waals surface area (Å²) < 4.78 is 13.4. The number of amides is 1. The van der Waals surface area contributed by atoms with Crippen molar-refractivity contribution in [2.45, 2.75) is 46.3 Å². The molecular formula is C19H25N3O3. The molecule has 0 atom stereocenters. The first-order valence-electron chi connectivity index (χ1n) is 8.59. The van der Waals surface area contributed by atoms with Gasteiger partial charge in [0.25, 0.3) is 5.91 Å². The molecule has 0 bridgehead atoms. The largest absolute Gasteiger partial charge is 0.483 e. The molecule has 25 heavy (non-hydrogen) atoms. The van der Waals surface area contributed by atoms with Crippen molar-refractivity contribution in [2.24, 2.45) is 5.92 Å². The molecule has 0 saturated heterocycles. The van der Waals surface area contributed by atoms with E-state index in [0.29, 0.717) is 17.5 Å². The van der Waals surface area contributed by atoms with Crippen LogP contribution in [0.15, 0.2) is 30.5 Å². The summed E-state index contributed by atoms with van der Waals surface area (Å²) in [7, 11) is 0. The molecule has 1 aromatic carbocycles. The molecule has 1 aliphatic rings.